The van der Waals surface area contributed by atoms with Crippen molar-refractivity contribution in [3.63, 3.8) is 0 Å². The average Bonchev–Trinajstić information content (AvgIpc) is 3.93. The Morgan fingerprint density at radius 1 is 0.609 bits per heavy atom. The summed E-state index contributed by atoms with van der Waals surface area (Å²) in [4.78, 5) is 0. The first-order valence-corrected chi connectivity index (χ1v) is 18.1. The molecule has 2 nitrogen and oxygen atoms in total. The molecule has 0 heterocycles. The molecule has 4 aromatic carbocycles. The molecule has 0 unspecified atom stereocenters. The molecule has 3 aliphatic carbocycles. The first kappa shape index (κ1) is 31.4. The minimum atomic E-state index is -0.240. The van der Waals surface area contributed by atoms with Crippen molar-refractivity contribution in [2.75, 3.05) is 14.1 Å². The molecule has 2 N–H and O–H groups in total. The first-order valence-electron chi connectivity index (χ1n) is 18.1. The lowest BCUT2D eigenvalue weighted by molar-refractivity contribution is 0.476. The Morgan fingerprint density at radius 2 is 1.20 bits per heavy atom. The summed E-state index contributed by atoms with van der Waals surface area (Å²) in [5, 5.41) is 7.59. The van der Waals surface area contributed by atoms with Crippen LogP contribution in [-0.4, -0.2) is 14.1 Å². The molecule has 46 heavy (non-hydrogen) atoms. The van der Waals surface area contributed by atoms with E-state index in [2.05, 4.69) is 137 Å². The third-order valence-corrected chi connectivity index (χ3v) is 12.1. The van der Waals surface area contributed by atoms with Gasteiger partial charge in [0.15, 0.2) is 0 Å². The minimum Gasteiger partial charge on any atom is -0.307 e. The van der Waals surface area contributed by atoms with Crippen LogP contribution in [0, 0.1) is 11.8 Å². The standard InChI is InChI=1S/C44H54N2/c1-29(2)15-19-33-27-36-25-31(22-24-40(36)43(3,45-5)41-14-10-8-12-37(33)41)32-21-23-38-34(20-18-30-16-17-30)26-35-11-7-9-13-39(35)44(4,46-6)42(38)28-32/h7-14,21-25,28-30,33-34,45-46H,15-20,26-27H2,1-6H3/t33-,34-,43+,44+/m0/s1. The normalized spacial score (nSPS) is 25.2. The quantitative estimate of drug-likeness (QED) is 0.197. The van der Waals surface area contributed by atoms with Crippen molar-refractivity contribution in [1.29, 1.82) is 0 Å². The van der Waals surface area contributed by atoms with Crippen LogP contribution in [0.5, 0.6) is 0 Å². The fourth-order valence-corrected chi connectivity index (χ4v) is 8.92. The van der Waals surface area contributed by atoms with Crippen molar-refractivity contribution < 1.29 is 0 Å². The molecule has 0 radical (unpaired) electrons. The molecular formula is C44H54N2. The SMILES string of the molecule is CN[C@]1(C)c2ccc(-c3ccc4c(c3)[C@](C)(NC)c3ccccc3C[C@@H]4CCC3CC3)cc2C[C@H](CCC(C)C)c2ccccc21. The Labute approximate surface area is 278 Å². The zero-order valence-corrected chi connectivity index (χ0v) is 29.0. The van der Waals surface area contributed by atoms with Crippen LogP contribution in [0.4, 0.5) is 0 Å². The van der Waals surface area contributed by atoms with Gasteiger partial charge in [0.2, 0.25) is 0 Å². The molecule has 4 atom stereocenters. The third kappa shape index (κ3) is 5.56. The molecule has 0 amide bonds. The van der Waals surface area contributed by atoms with Gasteiger partial charge in [-0.15, -0.1) is 0 Å². The average molecular weight is 611 g/mol. The molecule has 7 rings (SSSR count). The van der Waals surface area contributed by atoms with Crippen molar-refractivity contribution in [3.8, 4) is 11.1 Å². The van der Waals surface area contributed by atoms with E-state index in [9.17, 15) is 0 Å². The van der Waals surface area contributed by atoms with Gasteiger partial charge in [-0.25, -0.2) is 0 Å². The Hall–Kier alpha value is -3.20. The first-order chi connectivity index (χ1) is 22.2. The van der Waals surface area contributed by atoms with Crippen molar-refractivity contribution in [2.45, 2.75) is 102 Å². The van der Waals surface area contributed by atoms with E-state index in [0.717, 1.165) is 18.8 Å². The van der Waals surface area contributed by atoms with Crippen LogP contribution in [0.2, 0.25) is 0 Å². The summed E-state index contributed by atoms with van der Waals surface area (Å²) < 4.78 is 0. The highest BCUT2D eigenvalue weighted by atomic mass is 14.9. The van der Waals surface area contributed by atoms with Crippen LogP contribution in [0.1, 0.15) is 123 Å². The molecule has 0 bridgehead atoms. The molecular weight excluding hydrogens is 556 g/mol. The van der Waals surface area contributed by atoms with E-state index >= 15 is 0 Å². The lowest BCUT2D eigenvalue weighted by Gasteiger charge is -2.34. The Morgan fingerprint density at radius 3 is 1.93 bits per heavy atom. The predicted molar refractivity (Wildman–Crippen MR) is 195 cm³/mol. The summed E-state index contributed by atoms with van der Waals surface area (Å²) in [7, 11) is 4.28. The number of hydrogen-bond donors (Lipinski definition) is 2. The molecule has 1 saturated carbocycles. The van der Waals surface area contributed by atoms with E-state index in [0.29, 0.717) is 17.8 Å². The van der Waals surface area contributed by atoms with Gasteiger partial charge in [0.1, 0.15) is 0 Å². The molecule has 0 aliphatic heterocycles. The third-order valence-electron chi connectivity index (χ3n) is 12.1. The van der Waals surface area contributed by atoms with Gasteiger partial charge in [0.05, 0.1) is 11.1 Å². The van der Waals surface area contributed by atoms with Gasteiger partial charge in [-0.1, -0.05) is 112 Å². The molecule has 4 aromatic rings. The van der Waals surface area contributed by atoms with Crippen molar-refractivity contribution in [3.05, 3.63) is 129 Å². The van der Waals surface area contributed by atoms with E-state index in [1.165, 1.54) is 88.6 Å². The largest absolute Gasteiger partial charge is 0.307 e. The maximum atomic E-state index is 3.82. The molecule has 2 heteroatoms. The minimum absolute atomic E-state index is 0.228. The van der Waals surface area contributed by atoms with E-state index in [1.807, 2.05) is 0 Å². The van der Waals surface area contributed by atoms with Crippen LogP contribution >= 0.6 is 0 Å². The van der Waals surface area contributed by atoms with Crippen LogP contribution in [0.25, 0.3) is 11.1 Å². The highest BCUT2D eigenvalue weighted by Gasteiger charge is 2.39. The van der Waals surface area contributed by atoms with Crippen molar-refractivity contribution in [1.82, 2.24) is 10.6 Å². The molecule has 0 aromatic heterocycles. The molecule has 240 valence electrons. The maximum absolute atomic E-state index is 3.82. The molecule has 0 spiro atoms. The maximum Gasteiger partial charge on any atom is 0.0665 e. The van der Waals surface area contributed by atoms with E-state index < -0.39 is 0 Å². The second-order valence-electron chi connectivity index (χ2n) is 15.5. The van der Waals surface area contributed by atoms with Crippen LogP contribution in [0.3, 0.4) is 0 Å². The van der Waals surface area contributed by atoms with Gasteiger partial charge in [-0.05, 0) is 145 Å². The van der Waals surface area contributed by atoms with Gasteiger partial charge in [-0.2, -0.15) is 0 Å². The summed E-state index contributed by atoms with van der Waals surface area (Å²) >= 11 is 0. The number of benzene rings is 4. The van der Waals surface area contributed by atoms with E-state index in [-0.39, 0.29) is 11.1 Å². The number of nitrogens with one attached hydrogen (secondary N) is 2. The summed E-state index contributed by atoms with van der Waals surface area (Å²) in [6, 6.07) is 33.2. The van der Waals surface area contributed by atoms with Crippen LogP contribution < -0.4 is 10.6 Å². The topological polar surface area (TPSA) is 24.1 Å². The van der Waals surface area contributed by atoms with E-state index in [4.69, 9.17) is 0 Å². The Bertz CT molecular complexity index is 1710. The monoisotopic (exact) mass is 610 g/mol. The second kappa shape index (κ2) is 12.4. The van der Waals surface area contributed by atoms with Gasteiger partial charge in [-0.3, -0.25) is 0 Å². The summed E-state index contributed by atoms with van der Waals surface area (Å²) in [5.74, 6) is 2.74. The Balaban J connectivity index is 1.34. The predicted octanol–water partition coefficient (Wildman–Crippen LogP) is 10.2. The fourth-order valence-electron chi connectivity index (χ4n) is 8.92. The second-order valence-corrected chi connectivity index (χ2v) is 15.5. The van der Waals surface area contributed by atoms with E-state index in [1.54, 1.807) is 5.56 Å². The summed E-state index contributed by atoms with van der Waals surface area (Å²) in [6.45, 7) is 9.51. The fraction of sp³-hybridized carbons (Fsp3) is 0.455. The lowest BCUT2D eigenvalue weighted by atomic mass is 9.78. The number of fused-ring (bicyclic) bond motifs is 4. The van der Waals surface area contributed by atoms with Crippen LogP contribution in [0.15, 0.2) is 84.9 Å². The number of rotatable bonds is 9. The van der Waals surface area contributed by atoms with Crippen molar-refractivity contribution in [2.24, 2.45) is 11.8 Å². The van der Waals surface area contributed by atoms with Gasteiger partial charge >= 0.3 is 0 Å². The van der Waals surface area contributed by atoms with Crippen molar-refractivity contribution >= 4 is 0 Å². The van der Waals surface area contributed by atoms with Crippen LogP contribution in [-0.2, 0) is 23.9 Å². The molecule has 0 saturated heterocycles. The summed E-state index contributed by atoms with van der Waals surface area (Å²) in [5.41, 5.74) is 14.0. The number of hydrogen-bond acceptors (Lipinski definition) is 2. The Kier molecular flexibility index (Phi) is 8.49. The zero-order valence-electron chi connectivity index (χ0n) is 29.0. The zero-order chi connectivity index (χ0) is 32.1. The lowest BCUT2D eigenvalue weighted by Crippen LogP contribution is -2.39. The van der Waals surface area contributed by atoms with Gasteiger partial charge in [0.25, 0.3) is 0 Å². The summed E-state index contributed by atoms with van der Waals surface area (Å²) in [6.07, 6.45) is 10.2. The van der Waals surface area contributed by atoms with Gasteiger partial charge in [0, 0.05) is 0 Å². The van der Waals surface area contributed by atoms with Gasteiger partial charge < -0.3 is 10.6 Å². The highest BCUT2D eigenvalue weighted by molar-refractivity contribution is 5.69. The molecule has 1 fully saturated rings. The molecule has 3 aliphatic rings. The highest BCUT2D eigenvalue weighted by Crippen LogP contribution is 2.48. The smallest absolute Gasteiger partial charge is 0.0665 e.